The number of methoxy groups -OCH3 is 1. The second-order valence-corrected chi connectivity index (χ2v) is 4.66. The molecule has 0 aromatic carbocycles. The normalized spacial score (nSPS) is 24.9. The van der Waals surface area contributed by atoms with Crippen molar-refractivity contribution >= 4 is 0 Å². The van der Waals surface area contributed by atoms with Crippen LogP contribution in [0.15, 0.2) is 0 Å². The van der Waals surface area contributed by atoms with Crippen molar-refractivity contribution in [3.05, 3.63) is 0 Å². The van der Waals surface area contributed by atoms with Crippen LogP contribution in [0.2, 0.25) is 0 Å². The van der Waals surface area contributed by atoms with Gasteiger partial charge in [-0.2, -0.15) is 0 Å². The number of hydrogen-bond donors (Lipinski definition) is 1. The lowest BCUT2D eigenvalue weighted by Crippen LogP contribution is -2.51. The van der Waals surface area contributed by atoms with Crippen LogP contribution in [-0.2, 0) is 4.74 Å². The number of piperidine rings is 1. The van der Waals surface area contributed by atoms with E-state index in [4.69, 9.17) is 4.74 Å². The van der Waals surface area contributed by atoms with E-state index in [0.29, 0.717) is 11.6 Å². The Kier molecular flexibility index (Phi) is 4.35. The highest BCUT2D eigenvalue weighted by Gasteiger charge is 2.28. The number of ether oxygens (including phenoxy) is 1. The van der Waals surface area contributed by atoms with Crippen LogP contribution < -0.4 is 5.32 Å². The predicted molar refractivity (Wildman–Crippen MR) is 59.6 cm³/mol. The van der Waals surface area contributed by atoms with E-state index in [2.05, 4.69) is 31.1 Å². The molecular weight excluding hydrogens is 176 g/mol. The van der Waals surface area contributed by atoms with Gasteiger partial charge in [0.05, 0.1) is 6.10 Å². The predicted octanol–water partition coefficient (Wildman–Crippen LogP) is 1.10. The van der Waals surface area contributed by atoms with Gasteiger partial charge < -0.3 is 15.0 Å². The smallest absolute Gasteiger partial charge is 0.0670 e. The molecule has 1 N–H and O–H groups in total. The Hall–Kier alpha value is -0.120. The highest BCUT2D eigenvalue weighted by Crippen LogP contribution is 2.21. The molecule has 14 heavy (non-hydrogen) atoms. The van der Waals surface area contributed by atoms with E-state index in [1.807, 2.05) is 0 Å². The van der Waals surface area contributed by atoms with Gasteiger partial charge in [0.15, 0.2) is 0 Å². The van der Waals surface area contributed by atoms with Crippen LogP contribution in [0.3, 0.4) is 0 Å². The minimum absolute atomic E-state index is 0.354. The highest BCUT2D eigenvalue weighted by atomic mass is 16.5. The summed E-state index contributed by atoms with van der Waals surface area (Å²) in [6, 6.07) is 0. The van der Waals surface area contributed by atoms with Crippen molar-refractivity contribution in [1.29, 1.82) is 0 Å². The lowest BCUT2D eigenvalue weighted by atomic mass is 9.90. The van der Waals surface area contributed by atoms with Crippen LogP contribution in [0.25, 0.3) is 0 Å². The minimum Gasteiger partial charge on any atom is -0.380 e. The van der Waals surface area contributed by atoms with Crippen LogP contribution in [0.4, 0.5) is 0 Å². The minimum atomic E-state index is 0.354. The van der Waals surface area contributed by atoms with Gasteiger partial charge in [-0.3, -0.25) is 0 Å². The van der Waals surface area contributed by atoms with Crippen LogP contribution in [0.1, 0.15) is 26.7 Å². The molecule has 0 spiro atoms. The van der Waals surface area contributed by atoms with Crippen molar-refractivity contribution in [3.63, 3.8) is 0 Å². The first-order valence-corrected chi connectivity index (χ1v) is 5.54. The second kappa shape index (κ2) is 5.10. The Bertz CT molecular complexity index is 165. The summed E-state index contributed by atoms with van der Waals surface area (Å²) < 4.78 is 5.27. The van der Waals surface area contributed by atoms with E-state index in [0.717, 1.165) is 6.54 Å². The maximum atomic E-state index is 5.27. The topological polar surface area (TPSA) is 24.5 Å². The lowest BCUT2D eigenvalue weighted by Gasteiger charge is -2.39. The maximum absolute atomic E-state index is 5.27. The van der Waals surface area contributed by atoms with Gasteiger partial charge in [-0.05, 0) is 46.8 Å². The Balaban J connectivity index is 2.29. The molecule has 1 heterocycles. The number of hydrogen-bond acceptors (Lipinski definition) is 3. The van der Waals surface area contributed by atoms with Gasteiger partial charge in [0.1, 0.15) is 0 Å². The Morgan fingerprint density at radius 2 is 2.00 bits per heavy atom. The molecule has 0 aromatic rings. The summed E-state index contributed by atoms with van der Waals surface area (Å²) >= 11 is 0. The molecule has 1 aliphatic rings. The third-order valence-corrected chi connectivity index (χ3v) is 3.48. The molecule has 1 atom stereocenters. The lowest BCUT2D eigenvalue weighted by molar-refractivity contribution is 0.0567. The van der Waals surface area contributed by atoms with Crippen LogP contribution in [0, 0.1) is 0 Å². The quantitative estimate of drug-likeness (QED) is 0.735. The molecule has 1 aliphatic heterocycles. The summed E-state index contributed by atoms with van der Waals surface area (Å²) in [5, 5.41) is 3.41. The van der Waals surface area contributed by atoms with E-state index in [1.165, 1.54) is 25.9 Å². The van der Waals surface area contributed by atoms with Crippen molar-refractivity contribution < 1.29 is 4.74 Å². The summed E-state index contributed by atoms with van der Waals surface area (Å²) in [6.07, 6.45) is 2.83. The van der Waals surface area contributed by atoms with Gasteiger partial charge in [-0.1, -0.05) is 0 Å². The summed E-state index contributed by atoms with van der Waals surface area (Å²) in [7, 11) is 3.85. The maximum Gasteiger partial charge on any atom is 0.0670 e. The molecule has 0 amide bonds. The van der Waals surface area contributed by atoms with Crippen molar-refractivity contribution in [2.24, 2.45) is 0 Å². The molecule has 0 aliphatic carbocycles. The van der Waals surface area contributed by atoms with Gasteiger partial charge in [0.25, 0.3) is 0 Å². The average Bonchev–Trinajstić information content (AvgIpc) is 2.21. The molecule has 0 radical (unpaired) electrons. The van der Waals surface area contributed by atoms with Crippen LogP contribution in [-0.4, -0.2) is 50.3 Å². The zero-order valence-electron chi connectivity index (χ0n) is 9.97. The first-order valence-electron chi connectivity index (χ1n) is 5.54. The summed E-state index contributed by atoms with van der Waals surface area (Å²) in [6.45, 7) is 7.88. The molecule has 3 nitrogen and oxygen atoms in total. The van der Waals surface area contributed by atoms with Gasteiger partial charge >= 0.3 is 0 Å². The molecule has 0 aromatic heterocycles. The van der Waals surface area contributed by atoms with Crippen molar-refractivity contribution in [2.75, 3.05) is 33.8 Å². The fourth-order valence-electron chi connectivity index (χ4n) is 1.92. The number of likely N-dealkylation sites (tertiary alicyclic amines) is 1. The third kappa shape index (κ3) is 3.23. The Labute approximate surface area is 87.8 Å². The average molecular weight is 200 g/mol. The van der Waals surface area contributed by atoms with Gasteiger partial charge in [0, 0.05) is 19.2 Å². The first-order chi connectivity index (χ1) is 6.59. The van der Waals surface area contributed by atoms with Crippen molar-refractivity contribution in [2.45, 2.75) is 38.3 Å². The van der Waals surface area contributed by atoms with E-state index in [-0.39, 0.29) is 0 Å². The molecule has 1 rings (SSSR count). The van der Waals surface area contributed by atoms with Gasteiger partial charge in [0.2, 0.25) is 0 Å². The third-order valence-electron chi connectivity index (χ3n) is 3.48. The van der Waals surface area contributed by atoms with Gasteiger partial charge in [-0.15, -0.1) is 0 Å². The van der Waals surface area contributed by atoms with E-state index in [1.54, 1.807) is 7.11 Å². The fraction of sp³-hybridized carbons (Fsp3) is 1.00. The Morgan fingerprint density at radius 1 is 1.43 bits per heavy atom. The zero-order chi connectivity index (χ0) is 10.6. The first kappa shape index (κ1) is 12.0. The van der Waals surface area contributed by atoms with E-state index < -0.39 is 0 Å². The highest BCUT2D eigenvalue weighted by molar-refractivity contribution is 4.88. The van der Waals surface area contributed by atoms with Crippen molar-refractivity contribution in [1.82, 2.24) is 10.2 Å². The summed E-state index contributed by atoms with van der Waals surface area (Å²) in [5.74, 6) is 0. The molecule has 1 saturated heterocycles. The SMILES string of the molecule is CNC1(C)CCN(CC(C)OC)CC1. The molecule has 1 fully saturated rings. The number of rotatable bonds is 4. The van der Waals surface area contributed by atoms with Crippen LogP contribution >= 0.6 is 0 Å². The van der Waals surface area contributed by atoms with Crippen molar-refractivity contribution in [3.8, 4) is 0 Å². The molecule has 3 heteroatoms. The fourth-order valence-corrected chi connectivity index (χ4v) is 1.92. The summed E-state index contributed by atoms with van der Waals surface area (Å²) in [5.41, 5.74) is 0.354. The monoisotopic (exact) mass is 200 g/mol. The van der Waals surface area contributed by atoms with E-state index in [9.17, 15) is 0 Å². The number of nitrogens with one attached hydrogen (secondary N) is 1. The largest absolute Gasteiger partial charge is 0.380 e. The molecule has 84 valence electrons. The van der Waals surface area contributed by atoms with Crippen LogP contribution in [0.5, 0.6) is 0 Å². The molecular formula is C11H24N2O. The zero-order valence-corrected chi connectivity index (χ0v) is 9.97. The molecule has 1 unspecified atom stereocenters. The van der Waals surface area contributed by atoms with Gasteiger partial charge in [-0.25, -0.2) is 0 Å². The second-order valence-electron chi connectivity index (χ2n) is 4.66. The number of nitrogens with zero attached hydrogens (tertiary/aromatic N) is 1. The van der Waals surface area contributed by atoms with E-state index >= 15 is 0 Å². The standard InChI is InChI=1S/C11H24N2O/c1-10(14-4)9-13-7-5-11(2,12-3)6-8-13/h10,12H,5-9H2,1-4H3. The molecule has 0 bridgehead atoms. The Morgan fingerprint density at radius 3 is 2.43 bits per heavy atom. The summed E-state index contributed by atoms with van der Waals surface area (Å²) in [4.78, 5) is 2.49. The molecule has 0 saturated carbocycles.